The topological polar surface area (TPSA) is 43.1 Å². The van der Waals surface area contributed by atoms with Crippen molar-refractivity contribution in [3.8, 4) is 0 Å². The standard InChI is InChI=1S/C16H15NO/c1-12-4-2-3-5-13(12)8-11-16(18)14-6-9-15(17)10-7-14/h2-11H,17H2,1H3. The van der Waals surface area contributed by atoms with Gasteiger partial charge in [0.25, 0.3) is 0 Å². The molecular weight excluding hydrogens is 222 g/mol. The predicted octanol–water partition coefficient (Wildman–Crippen LogP) is 3.47. The van der Waals surface area contributed by atoms with Crippen LogP contribution in [0, 0.1) is 6.92 Å². The van der Waals surface area contributed by atoms with E-state index in [4.69, 9.17) is 5.73 Å². The second-order valence-electron chi connectivity index (χ2n) is 4.18. The lowest BCUT2D eigenvalue weighted by molar-refractivity contribution is 0.104. The molecule has 2 aromatic rings. The van der Waals surface area contributed by atoms with E-state index in [2.05, 4.69) is 0 Å². The predicted molar refractivity (Wildman–Crippen MR) is 75.4 cm³/mol. The smallest absolute Gasteiger partial charge is 0.185 e. The lowest BCUT2D eigenvalue weighted by Gasteiger charge is -1.99. The normalized spacial score (nSPS) is 10.7. The Kier molecular flexibility index (Phi) is 3.58. The van der Waals surface area contributed by atoms with Crippen molar-refractivity contribution in [3.63, 3.8) is 0 Å². The van der Waals surface area contributed by atoms with E-state index in [1.165, 1.54) is 0 Å². The van der Waals surface area contributed by atoms with E-state index >= 15 is 0 Å². The zero-order chi connectivity index (χ0) is 13.0. The highest BCUT2D eigenvalue weighted by atomic mass is 16.1. The minimum atomic E-state index is -0.0155. The fourth-order valence-electron chi connectivity index (χ4n) is 1.68. The van der Waals surface area contributed by atoms with Gasteiger partial charge in [0.1, 0.15) is 0 Å². The van der Waals surface area contributed by atoms with Crippen molar-refractivity contribution in [1.82, 2.24) is 0 Å². The molecule has 0 aromatic heterocycles. The fourth-order valence-corrected chi connectivity index (χ4v) is 1.68. The van der Waals surface area contributed by atoms with Crippen molar-refractivity contribution in [3.05, 3.63) is 71.3 Å². The van der Waals surface area contributed by atoms with Crippen LogP contribution in [-0.2, 0) is 0 Å². The SMILES string of the molecule is Cc1ccccc1C=CC(=O)c1ccc(N)cc1. The summed E-state index contributed by atoms with van der Waals surface area (Å²) >= 11 is 0. The van der Waals surface area contributed by atoms with Crippen LogP contribution in [0.4, 0.5) is 5.69 Å². The number of hydrogen-bond acceptors (Lipinski definition) is 2. The second kappa shape index (κ2) is 5.32. The van der Waals surface area contributed by atoms with Gasteiger partial charge in [-0.2, -0.15) is 0 Å². The molecule has 0 aliphatic rings. The van der Waals surface area contributed by atoms with E-state index in [9.17, 15) is 4.79 Å². The maximum absolute atomic E-state index is 11.9. The number of rotatable bonds is 3. The molecular formula is C16H15NO. The number of benzene rings is 2. The van der Waals surface area contributed by atoms with Crippen molar-refractivity contribution in [2.75, 3.05) is 5.73 Å². The number of hydrogen-bond donors (Lipinski definition) is 1. The number of ketones is 1. The molecule has 0 saturated heterocycles. The molecule has 0 bridgehead atoms. The van der Waals surface area contributed by atoms with E-state index < -0.39 is 0 Å². The summed E-state index contributed by atoms with van der Waals surface area (Å²) in [6, 6.07) is 14.9. The Morgan fingerprint density at radius 3 is 2.39 bits per heavy atom. The molecule has 0 unspecified atom stereocenters. The minimum absolute atomic E-state index is 0.0155. The van der Waals surface area contributed by atoms with Gasteiger partial charge in [-0.15, -0.1) is 0 Å². The van der Waals surface area contributed by atoms with Gasteiger partial charge >= 0.3 is 0 Å². The van der Waals surface area contributed by atoms with E-state index in [1.54, 1.807) is 30.3 Å². The van der Waals surface area contributed by atoms with E-state index in [0.717, 1.165) is 11.1 Å². The zero-order valence-corrected chi connectivity index (χ0v) is 10.3. The molecule has 0 amide bonds. The lowest BCUT2D eigenvalue weighted by Crippen LogP contribution is -1.94. The molecule has 2 heteroatoms. The van der Waals surface area contributed by atoms with Gasteiger partial charge in [-0.1, -0.05) is 30.3 Å². The van der Waals surface area contributed by atoms with E-state index in [0.29, 0.717) is 11.3 Å². The largest absolute Gasteiger partial charge is 0.399 e. The molecule has 18 heavy (non-hydrogen) atoms. The zero-order valence-electron chi connectivity index (χ0n) is 10.3. The van der Waals surface area contributed by atoms with Gasteiger partial charge in [0.15, 0.2) is 5.78 Å². The minimum Gasteiger partial charge on any atom is -0.399 e. The molecule has 0 atom stereocenters. The first-order chi connectivity index (χ1) is 8.66. The fraction of sp³-hybridized carbons (Fsp3) is 0.0625. The Bertz CT molecular complexity index is 582. The maximum atomic E-state index is 11.9. The van der Waals surface area contributed by atoms with Gasteiger partial charge in [0.05, 0.1) is 0 Å². The van der Waals surface area contributed by atoms with Crippen LogP contribution in [0.5, 0.6) is 0 Å². The van der Waals surface area contributed by atoms with Crippen LogP contribution in [0.3, 0.4) is 0 Å². The van der Waals surface area contributed by atoms with Crippen molar-refractivity contribution in [2.45, 2.75) is 6.92 Å². The summed E-state index contributed by atoms with van der Waals surface area (Å²) in [7, 11) is 0. The van der Waals surface area contributed by atoms with Gasteiger partial charge in [0, 0.05) is 11.3 Å². The van der Waals surface area contributed by atoms with Crippen LogP contribution >= 0.6 is 0 Å². The molecule has 2 aromatic carbocycles. The van der Waals surface area contributed by atoms with Gasteiger partial charge in [-0.05, 0) is 48.4 Å². The molecule has 2 rings (SSSR count). The maximum Gasteiger partial charge on any atom is 0.185 e. The highest BCUT2D eigenvalue weighted by Gasteiger charge is 2.01. The molecule has 0 fully saturated rings. The third kappa shape index (κ3) is 2.86. The number of aryl methyl sites for hydroxylation is 1. The Balaban J connectivity index is 2.17. The van der Waals surface area contributed by atoms with E-state index in [-0.39, 0.29) is 5.78 Å². The average Bonchev–Trinajstić information content (AvgIpc) is 2.38. The first-order valence-electron chi connectivity index (χ1n) is 5.80. The quantitative estimate of drug-likeness (QED) is 0.504. The molecule has 0 aliphatic heterocycles. The highest BCUT2D eigenvalue weighted by molar-refractivity contribution is 6.07. The number of carbonyl (C=O) groups is 1. The molecule has 0 heterocycles. The third-order valence-electron chi connectivity index (χ3n) is 2.80. The number of carbonyl (C=O) groups excluding carboxylic acids is 1. The second-order valence-corrected chi connectivity index (χ2v) is 4.18. The molecule has 2 nitrogen and oxygen atoms in total. The summed E-state index contributed by atoms with van der Waals surface area (Å²) in [5.41, 5.74) is 9.10. The molecule has 2 N–H and O–H groups in total. The van der Waals surface area contributed by atoms with Crippen molar-refractivity contribution >= 4 is 17.5 Å². The van der Waals surface area contributed by atoms with Gasteiger partial charge in [-0.3, -0.25) is 4.79 Å². The molecule has 0 radical (unpaired) electrons. The first kappa shape index (κ1) is 12.1. The van der Waals surface area contributed by atoms with Crippen molar-refractivity contribution in [1.29, 1.82) is 0 Å². The Hall–Kier alpha value is -2.35. The van der Waals surface area contributed by atoms with Crippen LogP contribution in [0.2, 0.25) is 0 Å². The van der Waals surface area contributed by atoms with E-state index in [1.807, 2.05) is 37.3 Å². The van der Waals surface area contributed by atoms with Gasteiger partial charge < -0.3 is 5.73 Å². The van der Waals surface area contributed by atoms with Crippen molar-refractivity contribution in [2.24, 2.45) is 0 Å². The molecule has 90 valence electrons. The van der Waals surface area contributed by atoms with Gasteiger partial charge in [-0.25, -0.2) is 0 Å². The van der Waals surface area contributed by atoms with Gasteiger partial charge in [0.2, 0.25) is 0 Å². The summed E-state index contributed by atoms with van der Waals surface area (Å²) in [5, 5.41) is 0. The van der Waals surface area contributed by atoms with Crippen LogP contribution in [0.25, 0.3) is 6.08 Å². The Labute approximate surface area is 107 Å². The van der Waals surface area contributed by atoms with Crippen LogP contribution < -0.4 is 5.73 Å². The summed E-state index contributed by atoms with van der Waals surface area (Å²) in [6.07, 6.45) is 3.43. The lowest BCUT2D eigenvalue weighted by atomic mass is 10.1. The first-order valence-corrected chi connectivity index (χ1v) is 5.80. The summed E-state index contributed by atoms with van der Waals surface area (Å²) in [5.74, 6) is -0.0155. The number of nitrogen functional groups attached to an aromatic ring is 1. The van der Waals surface area contributed by atoms with Crippen LogP contribution in [0.1, 0.15) is 21.5 Å². The molecule has 0 saturated carbocycles. The Morgan fingerprint density at radius 1 is 1.06 bits per heavy atom. The Morgan fingerprint density at radius 2 is 1.72 bits per heavy atom. The molecule has 0 spiro atoms. The van der Waals surface area contributed by atoms with Crippen LogP contribution in [0.15, 0.2) is 54.6 Å². The number of allylic oxidation sites excluding steroid dienone is 1. The number of anilines is 1. The third-order valence-corrected chi connectivity index (χ3v) is 2.80. The van der Waals surface area contributed by atoms with Crippen LogP contribution in [-0.4, -0.2) is 5.78 Å². The number of nitrogens with two attached hydrogens (primary N) is 1. The monoisotopic (exact) mass is 237 g/mol. The van der Waals surface area contributed by atoms with Crippen molar-refractivity contribution < 1.29 is 4.79 Å². The summed E-state index contributed by atoms with van der Waals surface area (Å²) < 4.78 is 0. The summed E-state index contributed by atoms with van der Waals surface area (Å²) in [6.45, 7) is 2.02. The average molecular weight is 237 g/mol. The molecule has 0 aliphatic carbocycles. The highest BCUT2D eigenvalue weighted by Crippen LogP contribution is 2.11. The summed E-state index contributed by atoms with van der Waals surface area (Å²) in [4.78, 5) is 11.9.